The molecule has 0 aliphatic carbocycles. The Kier molecular flexibility index (Phi) is 4.85. The predicted molar refractivity (Wildman–Crippen MR) is 70.2 cm³/mol. The van der Waals surface area contributed by atoms with Crippen LogP contribution in [0.1, 0.15) is 24.1 Å². The van der Waals surface area contributed by atoms with Crippen molar-refractivity contribution in [2.75, 3.05) is 26.2 Å². The van der Waals surface area contributed by atoms with Crippen LogP contribution in [-0.4, -0.2) is 37.2 Å². The van der Waals surface area contributed by atoms with E-state index in [-0.39, 0.29) is 18.2 Å². The largest absolute Gasteiger partial charge is 0.416 e. The van der Waals surface area contributed by atoms with E-state index >= 15 is 0 Å². The first-order valence-corrected chi connectivity index (χ1v) is 6.75. The molecule has 2 atom stereocenters. The molecule has 0 amide bonds. The molecule has 2 rings (SSSR count). The van der Waals surface area contributed by atoms with Crippen LogP contribution in [0, 0.1) is 5.82 Å². The highest BCUT2D eigenvalue weighted by atomic mass is 19.4. The van der Waals surface area contributed by atoms with Gasteiger partial charge < -0.3 is 10.5 Å². The number of hydrogen-bond acceptors (Lipinski definition) is 3. The third kappa shape index (κ3) is 3.72. The van der Waals surface area contributed by atoms with Crippen molar-refractivity contribution in [3.63, 3.8) is 0 Å². The van der Waals surface area contributed by atoms with Crippen LogP contribution in [0.3, 0.4) is 0 Å². The fourth-order valence-corrected chi connectivity index (χ4v) is 2.67. The van der Waals surface area contributed by atoms with Gasteiger partial charge in [-0.25, -0.2) is 4.39 Å². The van der Waals surface area contributed by atoms with Gasteiger partial charge >= 0.3 is 6.18 Å². The molecule has 0 spiro atoms. The summed E-state index contributed by atoms with van der Waals surface area (Å²) in [6.07, 6.45) is -4.68. The van der Waals surface area contributed by atoms with Crippen molar-refractivity contribution in [2.24, 2.45) is 5.73 Å². The molecule has 3 nitrogen and oxygen atoms in total. The van der Waals surface area contributed by atoms with Gasteiger partial charge in [-0.2, -0.15) is 13.2 Å². The van der Waals surface area contributed by atoms with E-state index < -0.39 is 23.6 Å². The SMILES string of the molecule is CC1CN(C(CN)c2ccc(F)cc2C(F)(F)F)CCO1. The molecule has 1 aliphatic heterocycles. The van der Waals surface area contributed by atoms with E-state index in [1.807, 2.05) is 11.8 Å². The summed E-state index contributed by atoms with van der Waals surface area (Å²) in [6, 6.07) is 2.14. The van der Waals surface area contributed by atoms with Gasteiger partial charge in [-0.3, -0.25) is 4.90 Å². The average molecular weight is 306 g/mol. The first kappa shape index (κ1) is 16.2. The molecule has 118 valence electrons. The molecule has 1 fully saturated rings. The average Bonchev–Trinajstić information content (AvgIpc) is 2.40. The molecule has 1 aromatic carbocycles. The van der Waals surface area contributed by atoms with Crippen LogP contribution >= 0.6 is 0 Å². The number of benzene rings is 1. The maximum absolute atomic E-state index is 13.2. The highest BCUT2D eigenvalue weighted by Crippen LogP contribution is 2.37. The second kappa shape index (κ2) is 6.29. The summed E-state index contributed by atoms with van der Waals surface area (Å²) in [5.41, 5.74) is 4.74. The van der Waals surface area contributed by atoms with Crippen molar-refractivity contribution >= 4 is 0 Å². The molecule has 1 aromatic rings. The Bertz CT molecular complexity index is 492. The van der Waals surface area contributed by atoms with E-state index in [0.717, 1.165) is 6.07 Å². The normalized spacial score (nSPS) is 22.3. The van der Waals surface area contributed by atoms with Crippen molar-refractivity contribution in [1.82, 2.24) is 4.90 Å². The molecule has 0 saturated carbocycles. The zero-order valence-corrected chi connectivity index (χ0v) is 11.7. The summed E-state index contributed by atoms with van der Waals surface area (Å²) in [6.45, 7) is 3.33. The predicted octanol–water partition coefficient (Wildman–Crippen LogP) is 2.57. The fraction of sp³-hybridized carbons (Fsp3) is 0.571. The maximum atomic E-state index is 13.2. The topological polar surface area (TPSA) is 38.5 Å². The van der Waals surface area contributed by atoms with E-state index in [1.165, 1.54) is 6.07 Å². The number of alkyl halides is 3. The number of nitrogens with zero attached hydrogens (tertiary/aromatic N) is 1. The molecule has 2 unspecified atom stereocenters. The number of ether oxygens (including phenoxy) is 1. The monoisotopic (exact) mass is 306 g/mol. The number of rotatable bonds is 3. The third-order valence-electron chi connectivity index (χ3n) is 3.62. The fourth-order valence-electron chi connectivity index (χ4n) is 2.67. The highest BCUT2D eigenvalue weighted by Gasteiger charge is 2.37. The van der Waals surface area contributed by atoms with Crippen molar-refractivity contribution in [3.8, 4) is 0 Å². The van der Waals surface area contributed by atoms with E-state index in [0.29, 0.717) is 25.8 Å². The molecule has 7 heteroatoms. The molecule has 0 aromatic heterocycles. The van der Waals surface area contributed by atoms with E-state index in [4.69, 9.17) is 10.5 Å². The minimum atomic E-state index is -4.61. The second-order valence-corrected chi connectivity index (χ2v) is 5.16. The number of hydrogen-bond donors (Lipinski definition) is 1. The minimum Gasteiger partial charge on any atom is -0.376 e. The standard InChI is InChI=1S/C14H18F4N2O/c1-9-8-20(4-5-21-9)13(7-19)11-3-2-10(15)6-12(11)14(16,17)18/h2-3,6,9,13H,4-5,7-8,19H2,1H3. The molecule has 0 radical (unpaired) electrons. The molecule has 0 bridgehead atoms. The molecule has 1 heterocycles. The summed E-state index contributed by atoms with van der Waals surface area (Å²) in [4.78, 5) is 1.86. The zero-order chi connectivity index (χ0) is 15.6. The summed E-state index contributed by atoms with van der Waals surface area (Å²) < 4.78 is 57.9. The van der Waals surface area contributed by atoms with Gasteiger partial charge in [-0.05, 0) is 24.6 Å². The third-order valence-corrected chi connectivity index (χ3v) is 3.62. The maximum Gasteiger partial charge on any atom is 0.416 e. The number of halogens is 4. The molecule has 2 N–H and O–H groups in total. The quantitative estimate of drug-likeness (QED) is 0.872. The Balaban J connectivity index is 2.38. The van der Waals surface area contributed by atoms with Crippen molar-refractivity contribution < 1.29 is 22.3 Å². The number of nitrogens with two attached hydrogens (primary N) is 1. The Labute approximate surface area is 120 Å². The van der Waals surface area contributed by atoms with Gasteiger partial charge in [-0.15, -0.1) is 0 Å². The summed E-state index contributed by atoms with van der Waals surface area (Å²) >= 11 is 0. The van der Waals surface area contributed by atoms with Gasteiger partial charge in [0.15, 0.2) is 0 Å². The lowest BCUT2D eigenvalue weighted by Gasteiger charge is -2.37. The molecular formula is C14H18F4N2O. The van der Waals surface area contributed by atoms with Crippen molar-refractivity contribution in [3.05, 3.63) is 35.1 Å². The lowest BCUT2D eigenvalue weighted by Crippen LogP contribution is -2.45. The first-order valence-electron chi connectivity index (χ1n) is 6.75. The molecule has 21 heavy (non-hydrogen) atoms. The van der Waals surface area contributed by atoms with Gasteiger partial charge in [0.1, 0.15) is 5.82 Å². The lowest BCUT2D eigenvalue weighted by molar-refractivity contribution is -0.139. The Hall–Kier alpha value is -1.18. The van der Waals surface area contributed by atoms with Crippen LogP contribution in [0.15, 0.2) is 18.2 Å². The Morgan fingerprint density at radius 1 is 1.43 bits per heavy atom. The van der Waals surface area contributed by atoms with Gasteiger partial charge in [0.25, 0.3) is 0 Å². The highest BCUT2D eigenvalue weighted by molar-refractivity contribution is 5.33. The second-order valence-electron chi connectivity index (χ2n) is 5.16. The molecule has 1 aliphatic rings. The summed E-state index contributed by atoms with van der Waals surface area (Å²) in [5.74, 6) is -0.905. The Morgan fingerprint density at radius 2 is 2.14 bits per heavy atom. The zero-order valence-electron chi connectivity index (χ0n) is 11.7. The lowest BCUT2D eigenvalue weighted by atomic mass is 9.97. The van der Waals surface area contributed by atoms with Crippen LogP contribution in [0.2, 0.25) is 0 Å². The van der Waals surface area contributed by atoms with Crippen LogP contribution < -0.4 is 5.73 Å². The van der Waals surface area contributed by atoms with Crippen molar-refractivity contribution in [2.45, 2.75) is 25.2 Å². The Morgan fingerprint density at radius 3 is 2.71 bits per heavy atom. The first-order chi connectivity index (χ1) is 9.82. The van der Waals surface area contributed by atoms with Gasteiger partial charge in [0, 0.05) is 25.7 Å². The van der Waals surface area contributed by atoms with Crippen LogP contribution in [0.5, 0.6) is 0 Å². The summed E-state index contributed by atoms with van der Waals surface area (Å²) in [7, 11) is 0. The van der Waals surface area contributed by atoms with Crippen LogP contribution in [0.25, 0.3) is 0 Å². The van der Waals surface area contributed by atoms with Crippen LogP contribution in [0.4, 0.5) is 17.6 Å². The molecular weight excluding hydrogens is 288 g/mol. The van der Waals surface area contributed by atoms with E-state index in [2.05, 4.69) is 0 Å². The number of morpholine rings is 1. The minimum absolute atomic E-state index is 0.0144. The van der Waals surface area contributed by atoms with E-state index in [1.54, 1.807) is 0 Å². The van der Waals surface area contributed by atoms with Crippen LogP contribution in [-0.2, 0) is 10.9 Å². The van der Waals surface area contributed by atoms with Gasteiger partial charge in [-0.1, -0.05) is 6.07 Å². The van der Waals surface area contributed by atoms with Gasteiger partial charge in [0.05, 0.1) is 18.3 Å². The van der Waals surface area contributed by atoms with E-state index in [9.17, 15) is 17.6 Å². The summed E-state index contributed by atoms with van der Waals surface area (Å²) in [5, 5.41) is 0. The smallest absolute Gasteiger partial charge is 0.376 e. The van der Waals surface area contributed by atoms with Crippen molar-refractivity contribution in [1.29, 1.82) is 0 Å². The molecule has 1 saturated heterocycles. The van der Waals surface area contributed by atoms with Gasteiger partial charge in [0.2, 0.25) is 0 Å².